The molecule has 0 bridgehead atoms. The van der Waals surface area contributed by atoms with Crippen molar-refractivity contribution in [1.29, 1.82) is 5.26 Å². The third-order valence-corrected chi connectivity index (χ3v) is 2.05. The number of hydrogen-bond donors (Lipinski definition) is 1. The normalized spacial score (nSPS) is 10.0. The van der Waals surface area contributed by atoms with E-state index in [9.17, 15) is 5.11 Å². The van der Waals surface area contributed by atoms with Crippen molar-refractivity contribution in [2.75, 3.05) is 0 Å². The standard InChI is InChI=1S/C11H8N2O/c1-7-4-8-2-3-9(14)5-10(8)11(6-12)13-7/h2-5,14H,1H3. The molecule has 0 aliphatic carbocycles. The molecule has 1 aromatic carbocycles. The molecule has 0 fully saturated rings. The van der Waals surface area contributed by atoms with Crippen LogP contribution in [-0.4, -0.2) is 10.1 Å². The quantitative estimate of drug-likeness (QED) is 0.682. The van der Waals surface area contributed by atoms with Gasteiger partial charge < -0.3 is 5.11 Å². The van der Waals surface area contributed by atoms with Crippen LogP contribution >= 0.6 is 0 Å². The highest BCUT2D eigenvalue weighted by Crippen LogP contribution is 2.22. The fraction of sp³-hybridized carbons (Fsp3) is 0.0909. The van der Waals surface area contributed by atoms with Gasteiger partial charge in [-0.25, -0.2) is 4.98 Å². The van der Waals surface area contributed by atoms with Gasteiger partial charge in [-0.15, -0.1) is 0 Å². The Morgan fingerprint density at radius 2 is 2.14 bits per heavy atom. The first-order chi connectivity index (χ1) is 6.70. The second kappa shape index (κ2) is 3.00. The molecule has 0 saturated carbocycles. The average Bonchev–Trinajstić information content (AvgIpc) is 2.17. The van der Waals surface area contributed by atoms with Gasteiger partial charge in [-0.05, 0) is 30.5 Å². The Bertz CT molecular complexity index is 541. The molecule has 14 heavy (non-hydrogen) atoms. The van der Waals surface area contributed by atoms with Crippen molar-refractivity contribution in [2.45, 2.75) is 6.92 Å². The average molecular weight is 184 g/mol. The molecule has 1 N–H and O–H groups in total. The summed E-state index contributed by atoms with van der Waals surface area (Å²) in [6.45, 7) is 1.84. The van der Waals surface area contributed by atoms with Gasteiger partial charge in [0.1, 0.15) is 17.5 Å². The number of pyridine rings is 1. The summed E-state index contributed by atoms with van der Waals surface area (Å²) in [6, 6.07) is 8.83. The second-order valence-corrected chi connectivity index (χ2v) is 3.13. The minimum atomic E-state index is 0.152. The molecule has 0 aliphatic rings. The topological polar surface area (TPSA) is 56.9 Å². The first-order valence-electron chi connectivity index (χ1n) is 4.21. The maximum absolute atomic E-state index is 9.28. The molecule has 0 unspecified atom stereocenters. The first-order valence-corrected chi connectivity index (χ1v) is 4.21. The van der Waals surface area contributed by atoms with Crippen LogP contribution in [0.15, 0.2) is 24.3 Å². The Balaban J connectivity index is 2.90. The van der Waals surface area contributed by atoms with Gasteiger partial charge in [0.25, 0.3) is 0 Å². The Morgan fingerprint density at radius 1 is 1.36 bits per heavy atom. The molecule has 1 aromatic heterocycles. The van der Waals surface area contributed by atoms with Crippen molar-refractivity contribution in [2.24, 2.45) is 0 Å². The van der Waals surface area contributed by atoms with E-state index in [1.165, 1.54) is 0 Å². The van der Waals surface area contributed by atoms with Crippen LogP contribution in [0.1, 0.15) is 11.4 Å². The number of nitriles is 1. The highest BCUT2D eigenvalue weighted by atomic mass is 16.3. The van der Waals surface area contributed by atoms with Crippen LogP contribution in [0.2, 0.25) is 0 Å². The molecule has 3 nitrogen and oxygen atoms in total. The number of hydrogen-bond acceptors (Lipinski definition) is 3. The SMILES string of the molecule is Cc1cc2ccc(O)cc2c(C#N)n1. The molecule has 0 radical (unpaired) electrons. The van der Waals surface area contributed by atoms with Crippen molar-refractivity contribution in [3.8, 4) is 11.8 Å². The zero-order chi connectivity index (χ0) is 10.1. The lowest BCUT2D eigenvalue weighted by Crippen LogP contribution is -1.88. The number of nitrogens with zero attached hydrogens (tertiary/aromatic N) is 2. The maximum atomic E-state index is 9.28. The van der Waals surface area contributed by atoms with E-state index in [-0.39, 0.29) is 5.75 Å². The smallest absolute Gasteiger partial charge is 0.148 e. The molecule has 2 rings (SSSR count). The zero-order valence-electron chi connectivity index (χ0n) is 7.65. The predicted molar refractivity (Wildman–Crippen MR) is 52.9 cm³/mol. The number of rotatable bonds is 0. The maximum Gasteiger partial charge on any atom is 0.148 e. The molecular formula is C11H8N2O. The van der Waals surface area contributed by atoms with Gasteiger partial charge in [0.15, 0.2) is 0 Å². The second-order valence-electron chi connectivity index (χ2n) is 3.13. The van der Waals surface area contributed by atoms with Crippen molar-refractivity contribution in [3.05, 3.63) is 35.7 Å². The molecule has 0 atom stereocenters. The van der Waals surface area contributed by atoms with Crippen molar-refractivity contribution < 1.29 is 5.11 Å². The Hall–Kier alpha value is -2.08. The molecule has 0 spiro atoms. The van der Waals surface area contributed by atoms with E-state index >= 15 is 0 Å². The van der Waals surface area contributed by atoms with E-state index in [1.54, 1.807) is 18.2 Å². The molecule has 0 saturated heterocycles. The van der Waals surface area contributed by atoms with Gasteiger partial charge in [-0.3, -0.25) is 0 Å². The largest absolute Gasteiger partial charge is 0.508 e. The summed E-state index contributed by atoms with van der Waals surface area (Å²) in [4.78, 5) is 4.09. The molecule has 2 aromatic rings. The first kappa shape index (κ1) is 8.52. The molecule has 1 heterocycles. The van der Waals surface area contributed by atoms with Crippen LogP contribution in [0, 0.1) is 18.3 Å². The summed E-state index contributed by atoms with van der Waals surface area (Å²) < 4.78 is 0. The number of aromatic nitrogens is 1. The number of aromatic hydroxyl groups is 1. The molecule has 0 amide bonds. The number of benzene rings is 1. The van der Waals surface area contributed by atoms with Crippen LogP contribution in [0.5, 0.6) is 5.75 Å². The van der Waals surface area contributed by atoms with Gasteiger partial charge in [0, 0.05) is 11.1 Å². The van der Waals surface area contributed by atoms with Crippen molar-refractivity contribution in [3.63, 3.8) is 0 Å². The lowest BCUT2D eigenvalue weighted by atomic mass is 10.1. The van der Waals surface area contributed by atoms with Crippen LogP contribution in [-0.2, 0) is 0 Å². The van der Waals surface area contributed by atoms with Crippen LogP contribution in [0.3, 0.4) is 0 Å². The number of fused-ring (bicyclic) bond motifs is 1. The fourth-order valence-corrected chi connectivity index (χ4v) is 1.45. The minimum absolute atomic E-state index is 0.152. The summed E-state index contributed by atoms with van der Waals surface area (Å²) in [6.07, 6.45) is 0. The molecular weight excluding hydrogens is 176 g/mol. The van der Waals surface area contributed by atoms with Gasteiger partial charge in [-0.2, -0.15) is 5.26 Å². The van der Waals surface area contributed by atoms with Gasteiger partial charge in [0.05, 0.1) is 0 Å². The van der Waals surface area contributed by atoms with Crippen molar-refractivity contribution in [1.82, 2.24) is 4.98 Å². The minimum Gasteiger partial charge on any atom is -0.508 e. The van der Waals surface area contributed by atoms with E-state index in [2.05, 4.69) is 4.98 Å². The van der Waals surface area contributed by atoms with Gasteiger partial charge in [-0.1, -0.05) is 6.07 Å². The van der Waals surface area contributed by atoms with E-state index in [1.807, 2.05) is 19.1 Å². The van der Waals surface area contributed by atoms with E-state index in [4.69, 9.17) is 5.26 Å². The van der Waals surface area contributed by atoms with Gasteiger partial charge >= 0.3 is 0 Å². The highest BCUT2D eigenvalue weighted by Gasteiger charge is 2.03. The monoisotopic (exact) mass is 184 g/mol. The number of aryl methyl sites for hydroxylation is 1. The molecule has 3 heteroatoms. The van der Waals surface area contributed by atoms with Crippen LogP contribution < -0.4 is 0 Å². The number of phenols is 1. The summed E-state index contributed by atoms with van der Waals surface area (Å²) in [7, 11) is 0. The Kier molecular flexibility index (Phi) is 1.83. The summed E-state index contributed by atoms with van der Waals surface area (Å²) in [5.74, 6) is 0.152. The third kappa shape index (κ3) is 1.27. The van der Waals surface area contributed by atoms with Crippen LogP contribution in [0.4, 0.5) is 0 Å². The summed E-state index contributed by atoms with van der Waals surface area (Å²) >= 11 is 0. The summed E-state index contributed by atoms with van der Waals surface area (Å²) in [5, 5.41) is 19.8. The Labute approximate surface area is 81.2 Å². The highest BCUT2D eigenvalue weighted by molar-refractivity contribution is 5.87. The molecule has 68 valence electrons. The summed E-state index contributed by atoms with van der Waals surface area (Å²) in [5.41, 5.74) is 1.16. The third-order valence-electron chi connectivity index (χ3n) is 2.05. The van der Waals surface area contributed by atoms with Gasteiger partial charge in [0.2, 0.25) is 0 Å². The lowest BCUT2D eigenvalue weighted by Gasteiger charge is -2.01. The van der Waals surface area contributed by atoms with E-state index in [0.717, 1.165) is 11.1 Å². The lowest BCUT2D eigenvalue weighted by molar-refractivity contribution is 0.476. The Morgan fingerprint density at radius 3 is 2.86 bits per heavy atom. The van der Waals surface area contributed by atoms with Crippen LogP contribution in [0.25, 0.3) is 10.8 Å². The predicted octanol–water partition coefficient (Wildman–Crippen LogP) is 2.12. The number of phenolic OH excluding ortho intramolecular Hbond substituents is 1. The zero-order valence-corrected chi connectivity index (χ0v) is 7.65. The van der Waals surface area contributed by atoms with Crippen molar-refractivity contribution >= 4 is 10.8 Å². The van der Waals surface area contributed by atoms with E-state index < -0.39 is 0 Å². The fourth-order valence-electron chi connectivity index (χ4n) is 1.45. The molecule has 0 aliphatic heterocycles. The van der Waals surface area contributed by atoms with E-state index in [0.29, 0.717) is 11.1 Å².